The van der Waals surface area contributed by atoms with E-state index in [0.29, 0.717) is 5.56 Å². The Hall–Kier alpha value is -2.82. The first kappa shape index (κ1) is 15.2. The van der Waals surface area contributed by atoms with Gasteiger partial charge in [-0.25, -0.2) is 0 Å². The minimum Gasteiger partial charge on any atom is -0.504 e. The average molecular weight is 331 g/mol. The third-order valence-corrected chi connectivity index (χ3v) is 2.94. The van der Waals surface area contributed by atoms with E-state index in [2.05, 4.69) is 15.9 Å². The van der Waals surface area contributed by atoms with Crippen LogP contribution in [0, 0.1) is 45.3 Å². The minimum atomic E-state index is -1.34. The highest BCUT2D eigenvalue weighted by molar-refractivity contribution is 9.10. The molecule has 0 unspecified atom stereocenters. The van der Waals surface area contributed by atoms with Crippen molar-refractivity contribution >= 4 is 27.7 Å². The van der Waals surface area contributed by atoms with Crippen LogP contribution in [0.5, 0.6) is 11.5 Å². The maximum atomic E-state index is 9.46. The molecule has 0 atom stereocenters. The molecule has 0 saturated carbocycles. The van der Waals surface area contributed by atoms with Crippen molar-refractivity contribution in [3.63, 3.8) is 0 Å². The maximum Gasteiger partial charge on any atom is 0.175 e. The van der Waals surface area contributed by atoms with E-state index in [-0.39, 0.29) is 15.8 Å². The number of allylic oxidation sites excluding steroid dienone is 1. The number of nitriles is 3. The molecule has 1 aromatic carbocycles. The second-order valence-corrected chi connectivity index (χ2v) is 4.50. The SMILES string of the molecule is N#C/C(=C\c1cc(O)c(O)c(Br)c1)C(=N)C(C#N)C#N. The van der Waals surface area contributed by atoms with Gasteiger partial charge in [0.05, 0.1) is 27.9 Å². The van der Waals surface area contributed by atoms with Gasteiger partial charge in [0, 0.05) is 0 Å². The van der Waals surface area contributed by atoms with Gasteiger partial charge in [0.2, 0.25) is 0 Å². The minimum absolute atomic E-state index is 0.171. The third-order valence-electron chi connectivity index (χ3n) is 2.33. The van der Waals surface area contributed by atoms with Crippen LogP contribution in [0.2, 0.25) is 0 Å². The molecule has 0 saturated heterocycles. The Morgan fingerprint density at radius 1 is 1.25 bits per heavy atom. The first-order valence-corrected chi connectivity index (χ1v) is 5.95. The number of nitrogens with zero attached hydrogens (tertiary/aromatic N) is 3. The van der Waals surface area contributed by atoms with Gasteiger partial charge in [0.15, 0.2) is 17.4 Å². The van der Waals surface area contributed by atoms with Crippen LogP contribution >= 0.6 is 15.9 Å². The van der Waals surface area contributed by atoms with Gasteiger partial charge in [0.1, 0.15) is 6.07 Å². The monoisotopic (exact) mass is 330 g/mol. The lowest BCUT2D eigenvalue weighted by Gasteiger charge is -2.04. The fourth-order valence-corrected chi connectivity index (χ4v) is 1.81. The van der Waals surface area contributed by atoms with Crippen LogP contribution in [0.3, 0.4) is 0 Å². The standard InChI is InChI=1S/C13H7BrN4O2/c14-10-2-7(3-11(19)13(10)20)1-8(4-15)12(18)9(5-16)6-17/h1-3,9,18-20H/b8-1+,18-12?. The Balaban J connectivity index is 3.28. The quantitative estimate of drug-likeness (QED) is 0.444. The third kappa shape index (κ3) is 3.14. The van der Waals surface area contributed by atoms with Crippen LogP contribution in [0.15, 0.2) is 22.2 Å². The molecule has 7 heteroatoms. The van der Waals surface area contributed by atoms with E-state index >= 15 is 0 Å². The lowest BCUT2D eigenvalue weighted by Crippen LogP contribution is -2.11. The van der Waals surface area contributed by atoms with E-state index in [9.17, 15) is 10.2 Å². The predicted molar refractivity (Wildman–Crippen MR) is 73.5 cm³/mol. The molecule has 98 valence electrons. The number of phenolic OH excluding ortho intramolecular Hbond substituents is 2. The summed E-state index contributed by atoms with van der Waals surface area (Å²) in [6.07, 6.45) is 1.24. The van der Waals surface area contributed by atoms with E-state index in [1.807, 2.05) is 0 Å². The van der Waals surface area contributed by atoms with Crippen molar-refractivity contribution in [2.24, 2.45) is 5.92 Å². The number of phenols is 2. The Morgan fingerprint density at radius 3 is 2.30 bits per heavy atom. The predicted octanol–water partition coefficient (Wildman–Crippen LogP) is 2.45. The summed E-state index contributed by atoms with van der Waals surface area (Å²) in [6, 6.07) is 7.56. The fourth-order valence-electron chi connectivity index (χ4n) is 1.34. The molecular weight excluding hydrogens is 324 g/mol. The lowest BCUT2D eigenvalue weighted by atomic mass is 9.98. The van der Waals surface area contributed by atoms with Gasteiger partial charge in [-0.3, -0.25) is 0 Å². The molecule has 0 spiro atoms. The molecular formula is C13H7BrN4O2. The highest BCUT2D eigenvalue weighted by atomic mass is 79.9. The number of benzene rings is 1. The molecule has 0 aliphatic heterocycles. The highest BCUT2D eigenvalue weighted by Gasteiger charge is 2.17. The Kier molecular flexibility index (Phi) is 4.86. The molecule has 0 aliphatic rings. The van der Waals surface area contributed by atoms with Crippen molar-refractivity contribution in [2.45, 2.75) is 0 Å². The van der Waals surface area contributed by atoms with Gasteiger partial charge in [-0.1, -0.05) is 0 Å². The van der Waals surface area contributed by atoms with Gasteiger partial charge in [-0.15, -0.1) is 0 Å². The van der Waals surface area contributed by atoms with Crippen LogP contribution in [0.4, 0.5) is 0 Å². The molecule has 6 nitrogen and oxygen atoms in total. The van der Waals surface area contributed by atoms with Crippen molar-refractivity contribution in [3.05, 3.63) is 27.7 Å². The van der Waals surface area contributed by atoms with E-state index < -0.39 is 17.4 Å². The topological polar surface area (TPSA) is 136 Å². The van der Waals surface area contributed by atoms with Gasteiger partial charge >= 0.3 is 0 Å². The summed E-state index contributed by atoms with van der Waals surface area (Å²) in [5, 5.41) is 52.9. The van der Waals surface area contributed by atoms with Crippen LogP contribution in [-0.4, -0.2) is 15.9 Å². The average Bonchev–Trinajstić information content (AvgIpc) is 2.43. The summed E-state index contributed by atoms with van der Waals surface area (Å²) < 4.78 is 0.213. The zero-order chi connectivity index (χ0) is 15.3. The summed E-state index contributed by atoms with van der Waals surface area (Å²) in [6.45, 7) is 0. The number of hydrogen-bond acceptors (Lipinski definition) is 6. The molecule has 1 aromatic rings. The van der Waals surface area contributed by atoms with Gasteiger partial charge in [-0.05, 0) is 39.7 Å². The molecule has 20 heavy (non-hydrogen) atoms. The maximum absolute atomic E-state index is 9.46. The molecule has 0 radical (unpaired) electrons. The number of halogens is 1. The van der Waals surface area contributed by atoms with Gasteiger partial charge in [0.25, 0.3) is 0 Å². The van der Waals surface area contributed by atoms with Crippen molar-refractivity contribution in [1.29, 1.82) is 21.2 Å². The van der Waals surface area contributed by atoms with Gasteiger partial charge < -0.3 is 15.6 Å². The zero-order valence-electron chi connectivity index (χ0n) is 9.92. The summed E-state index contributed by atoms with van der Waals surface area (Å²) in [5.41, 5.74) is -0.251. The summed E-state index contributed by atoms with van der Waals surface area (Å²) in [7, 11) is 0. The van der Waals surface area contributed by atoms with Crippen molar-refractivity contribution in [2.75, 3.05) is 0 Å². The van der Waals surface area contributed by atoms with E-state index in [1.165, 1.54) is 18.2 Å². The first-order valence-electron chi connectivity index (χ1n) is 5.16. The van der Waals surface area contributed by atoms with E-state index in [0.717, 1.165) is 0 Å². The smallest absolute Gasteiger partial charge is 0.175 e. The molecule has 3 N–H and O–H groups in total. The molecule has 0 amide bonds. The van der Waals surface area contributed by atoms with E-state index in [1.54, 1.807) is 18.2 Å². The Labute approximate surface area is 123 Å². The number of rotatable bonds is 3. The molecule has 1 rings (SSSR count). The molecule has 0 bridgehead atoms. The second-order valence-electron chi connectivity index (χ2n) is 3.65. The van der Waals surface area contributed by atoms with E-state index in [4.69, 9.17) is 21.2 Å². The molecule has 0 aliphatic carbocycles. The normalized spacial score (nSPS) is 10.4. The van der Waals surface area contributed by atoms with Crippen LogP contribution in [0.1, 0.15) is 5.56 Å². The summed E-state index contributed by atoms with van der Waals surface area (Å²) in [5.74, 6) is -2.08. The van der Waals surface area contributed by atoms with Crippen LogP contribution in [0.25, 0.3) is 6.08 Å². The molecule has 0 heterocycles. The fraction of sp³-hybridized carbons (Fsp3) is 0.0769. The van der Waals surface area contributed by atoms with Crippen molar-refractivity contribution in [1.82, 2.24) is 0 Å². The Morgan fingerprint density at radius 2 is 1.85 bits per heavy atom. The summed E-state index contributed by atoms with van der Waals surface area (Å²) >= 11 is 3.02. The summed E-state index contributed by atoms with van der Waals surface area (Å²) in [4.78, 5) is 0. The number of nitrogens with one attached hydrogen (secondary N) is 1. The van der Waals surface area contributed by atoms with Gasteiger partial charge in [-0.2, -0.15) is 15.8 Å². The molecule has 0 fully saturated rings. The second kappa shape index (κ2) is 6.38. The number of hydrogen-bond donors (Lipinski definition) is 3. The first-order chi connectivity index (χ1) is 9.44. The van der Waals surface area contributed by atoms with Crippen molar-refractivity contribution < 1.29 is 10.2 Å². The largest absolute Gasteiger partial charge is 0.504 e. The van der Waals surface area contributed by atoms with Crippen molar-refractivity contribution in [3.8, 4) is 29.7 Å². The van der Waals surface area contributed by atoms with Crippen LogP contribution in [-0.2, 0) is 0 Å². The highest BCUT2D eigenvalue weighted by Crippen LogP contribution is 2.35. The lowest BCUT2D eigenvalue weighted by molar-refractivity contribution is 0.401. The molecule has 0 aromatic heterocycles. The zero-order valence-corrected chi connectivity index (χ0v) is 11.5. The Bertz CT molecular complexity index is 682. The number of aromatic hydroxyl groups is 2. The van der Waals surface area contributed by atoms with Crippen LogP contribution < -0.4 is 0 Å².